The molecule has 7 heteroatoms. The molecule has 2 saturated carbocycles. The molecule has 0 aromatic rings. The van der Waals surface area contributed by atoms with E-state index >= 15 is 0 Å². The highest BCUT2D eigenvalue weighted by Crippen LogP contribution is 2.45. The first-order valence-corrected chi connectivity index (χ1v) is 10.0. The monoisotopic (exact) mass is 352 g/mol. The molecular formula is C18H32N4O3. The zero-order valence-corrected chi connectivity index (χ0v) is 15.3. The van der Waals surface area contributed by atoms with Gasteiger partial charge in [0.2, 0.25) is 5.91 Å². The molecule has 4 N–H and O–H groups in total. The fourth-order valence-corrected chi connectivity index (χ4v) is 5.20. The second-order valence-electron chi connectivity index (χ2n) is 8.30. The van der Waals surface area contributed by atoms with Crippen molar-refractivity contribution < 1.29 is 14.5 Å². The Hall–Kier alpha value is -0.730. The molecule has 0 radical (unpaired) electrons. The summed E-state index contributed by atoms with van der Waals surface area (Å²) in [5, 5.41) is 6.85. The van der Waals surface area contributed by atoms with E-state index in [2.05, 4.69) is 28.5 Å². The molecule has 0 bridgehead atoms. The molecule has 4 aliphatic rings. The van der Waals surface area contributed by atoms with Crippen LogP contribution in [-0.2, 0) is 14.5 Å². The maximum Gasteiger partial charge on any atom is 0.239 e. The van der Waals surface area contributed by atoms with Gasteiger partial charge in [-0.15, -0.1) is 0 Å². The van der Waals surface area contributed by atoms with Crippen molar-refractivity contribution in [3.8, 4) is 0 Å². The van der Waals surface area contributed by atoms with Gasteiger partial charge >= 0.3 is 0 Å². The van der Waals surface area contributed by atoms with Gasteiger partial charge in [-0.2, -0.15) is 11.0 Å². The second-order valence-corrected chi connectivity index (χ2v) is 8.30. The van der Waals surface area contributed by atoms with E-state index < -0.39 is 0 Å². The summed E-state index contributed by atoms with van der Waals surface area (Å²) in [7, 11) is 0. The van der Waals surface area contributed by atoms with Crippen molar-refractivity contribution in [3.63, 3.8) is 0 Å². The first-order chi connectivity index (χ1) is 12.1. The van der Waals surface area contributed by atoms with Crippen molar-refractivity contribution in [3.05, 3.63) is 0 Å². The number of rotatable bonds is 4. The molecule has 142 valence electrons. The summed E-state index contributed by atoms with van der Waals surface area (Å²) in [6, 6.07) is 0.140. The molecule has 0 aromatic carbocycles. The SMILES string of the molecule is CCC1NC(C2CCC3C(CC[C@H]3NC(=O)C3CC(C)ON3)C2)NO1. The first kappa shape index (κ1) is 17.7. The van der Waals surface area contributed by atoms with Crippen LogP contribution < -0.4 is 21.6 Å². The molecule has 0 aromatic heterocycles. The molecule has 1 amide bonds. The lowest BCUT2D eigenvalue weighted by Crippen LogP contribution is -2.48. The minimum atomic E-state index is -0.194. The van der Waals surface area contributed by atoms with Gasteiger partial charge in [-0.1, -0.05) is 6.92 Å². The van der Waals surface area contributed by atoms with Gasteiger partial charge in [-0.25, -0.2) is 0 Å². The smallest absolute Gasteiger partial charge is 0.239 e. The summed E-state index contributed by atoms with van der Waals surface area (Å²) >= 11 is 0. The van der Waals surface area contributed by atoms with Gasteiger partial charge in [-0.05, 0) is 63.2 Å². The summed E-state index contributed by atoms with van der Waals surface area (Å²) in [5.41, 5.74) is 6.05. The summed E-state index contributed by atoms with van der Waals surface area (Å²) < 4.78 is 0. The average molecular weight is 352 g/mol. The molecule has 2 aliphatic heterocycles. The highest BCUT2D eigenvalue weighted by Gasteiger charge is 2.44. The third-order valence-electron chi connectivity index (χ3n) is 6.62. The highest BCUT2D eigenvalue weighted by molar-refractivity contribution is 5.82. The van der Waals surface area contributed by atoms with E-state index in [9.17, 15) is 4.79 Å². The topological polar surface area (TPSA) is 83.7 Å². The van der Waals surface area contributed by atoms with E-state index in [0.717, 1.165) is 25.2 Å². The second kappa shape index (κ2) is 7.48. The largest absolute Gasteiger partial charge is 0.352 e. The summed E-state index contributed by atoms with van der Waals surface area (Å²) in [5.74, 6) is 2.08. The third-order valence-corrected chi connectivity index (χ3v) is 6.62. The van der Waals surface area contributed by atoms with E-state index in [1.165, 1.54) is 25.7 Å². The predicted molar refractivity (Wildman–Crippen MR) is 92.8 cm³/mol. The highest BCUT2D eigenvalue weighted by atomic mass is 16.7. The van der Waals surface area contributed by atoms with Crippen molar-refractivity contribution in [2.75, 3.05) is 0 Å². The van der Waals surface area contributed by atoms with Gasteiger partial charge in [0.05, 0.1) is 12.3 Å². The summed E-state index contributed by atoms with van der Waals surface area (Å²) in [6.07, 6.45) is 8.22. The molecule has 7 nitrogen and oxygen atoms in total. The number of fused-ring (bicyclic) bond motifs is 1. The zero-order valence-electron chi connectivity index (χ0n) is 15.3. The lowest BCUT2D eigenvalue weighted by Gasteiger charge is -2.36. The standard InChI is InChI=1S/C18H32N4O3/c1-3-16-20-17(22-25-16)12-4-6-13-11(9-12)5-7-14(13)19-18(23)15-8-10(2)24-21-15/h10-17,20-22H,3-9H2,1-2H3,(H,19,23)/t10?,11?,12?,13?,14-,15?,16?,17?/m1/s1. The van der Waals surface area contributed by atoms with Crippen LogP contribution in [0.5, 0.6) is 0 Å². The van der Waals surface area contributed by atoms with Gasteiger partial charge in [0.15, 0.2) is 0 Å². The minimum Gasteiger partial charge on any atom is -0.352 e. The predicted octanol–water partition coefficient (Wildman–Crippen LogP) is 1.17. The molecule has 2 aliphatic carbocycles. The maximum atomic E-state index is 12.5. The van der Waals surface area contributed by atoms with Crippen LogP contribution in [0.2, 0.25) is 0 Å². The van der Waals surface area contributed by atoms with Gasteiger partial charge in [0.1, 0.15) is 12.3 Å². The lowest BCUT2D eigenvalue weighted by molar-refractivity contribution is -0.125. The first-order valence-electron chi connectivity index (χ1n) is 10.0. The number of carbonyl (C=O) groups excluding carboxylic acids is 1. The van der Waals surface area contributed by atoms with Crippen LogP contribution in [0.1, 0.15) is 58.8 Å². The number of hydrogen-bond donors (Lipinski definition) is 4. The Morgan fingerprint density at radius 1 is 1.08 bits per heavy atom. The molecule has 0 spiro atoms. The maximum absolute atomic E-state index is 12.5. The molecule has 8 atom stereocenters. The average Bonchev–Trinajstić information content (AvgIpc) is 3.34. The normalized spacial score (nSPS) is 47.0. The van der Waals surface area contributed by atoms with Gasteiger partial charge in [0.25, 0.3) is 0 Å². The van der Waals surface area contributed by atoms with Crippen LogP contribution in [0.4, 0.5) is 0 Å². The van der Waals surface area contributed by atoms with Crippen LogP contribution in [0.25, 0.3) is 0 Å². The number of amides is 1. The van der Waals surface area contributed by atoms with E-state index in [1.54, 1.807) is 0 Å². The Balaban J connectivity index is 1.28. The van der Waals surface area contributed by atoms with Gasteiger partial charge < -0.3 is 5.32 Å². The Morgan fingerprint density at radius 3 is 2.64 bits per heavy atom. The van der Waals surface area contributed by atoms with E-state index in [-0.39, 0.29) is 30.4 Å². The van der Waals surface area contributed by atoms with Gasteiger partial charge in [0, 0.05) is 12.5 Å². The van der Waals surface area contributed by atoms with E-state index in [0.29, 0.717) is 17.9 Å². The molecule has 4 fully saturated rings. The number of hydrogen-bond acceptors (Lipinski definition) is 6. The third kappa shape index (κ3) is 3.71. The van der Waals surface area contributed by atoms with Crippen LogP contribution in [0.3, 0.4) is 0 Å². The molecule has 7 unspecified atom stereocenters. The van der Waals surface area contributed by atoms with Crippen LogP contribution in [0.15, 0.2) is 0 Å². The van der Waals surface area contributed by atoms with Crippen molar-refractivity contribution in [1.82, 2.24) is 21.6 Å². The van der Waals surface area contributed by atoms with Crippen LogP contribution in [0, 0.1) is 17.8 Å². The molecule has 2 heterocycles. The number of nitrogens with one attached hydrogen (secondary N) is 4. The Kier molecular flexibility index (Phi) is 5.29. The summed E-state index contributed by atoms with van der Waals surface area (Å²) in [6.45, 7) is 4.12. The summed E-state index contributed by atoms with van der Waals surface area (Å²) in [4.78, 5) is 23.4. The van der Waals surface area contributed by atoms with E-state index in [4.69, 9.17) is 9.68 Å². The van der Waals surface area contributed by atoms with Crippen molar-refractivity contribution in [1.29, 1.82) is 0 Å². The zero-order chi connectivity index (χ0) is 17.4. The quantitative estimate of drug-likeness (QED) is 0.608. The number of hydroxylamine groups is 2. The molecule has 4 rings (SSSR count). The number of carbonyl (C=O) groups is 1. The van der Waals surface area contributed by atoms with Crippen molar-refractivity contribution in [2.24, 2.45) is 17.8 Å². The van der Waals surface area contributed by atoms with Crippen LogP contribution in [-0.4, -0.2) is 36.5 Å². The molecular weight excluding hydrogens is 320 g/mol. The fourth-order valence-electron chi connectivity index (χ4n) is 5.20. The van der Waals surface area contributed by atoms with Gasteiger partial charge in [-0.3, -0.25) is 19.8 Å². The fraction of sp³-hybridized carbons (Fsp3) is 0.944. The van der Waals surface area contributed by atoms with Crippen molar-refractivity contribution in [2.45, 2.75) is 89.4 Å². The minimum absolute atomic E-state index is 0.107. The lowest BCUT2D eigenvalue weighted by atomic mass is 9.73. The Morgan fingerprint density at radius 2 is 1.92 bits per heavy atom. The Bertz CT molecular complexity index is 491. The van der Waals surface area contributed by atoms with Crippen LogP contribution >= 0.6 is 0 Å². The molecule has 2 saturated heterocycles. The van der Waals surface area contributed by atoms with Crippen molar-refractivity contribution >= 4 is 5.91 Å². The molecule has 25 heavy (non-hydrogen) atoms. The van der Waals surface area contributed by atoms with E-state index in [1.807, 2.05) is 6.92 Å². The Labute approximate surface area is 149 Å².